The van der Waals surface area contributed by atoms with Crippen molar-refractivity contribution in [3.8, 4) is 5.75 Å². The van der Waals surface area contributed by atoms with Crippen LogP contribution in [-0.4, -0.2) is 34.7 Å². The fraction of sp³-hybridized carbons (Fsp3) is 0.444. The number of aryl methyl sites for hydroxylation is 1. The second-order valence-electron chi connectivity index (χ2n) is 6.42. The van der Waals surface area contributed by atoms with Gasteiger partial charge in [0.2, 0.25) is 5.91 Å². The zero-order valence-corrected chi connectivity index (χ0v) is 13.6. The van der Waals surface area contributed by atoms with Gasteiger partial charge in [0.25, 0.3) is 0 Å². The van der Waals surface area contributed by atoms with Gasteiger partial charge in [-0.1, -0.05) is 18.2 Å². The van der Waals surface area contributed by atoms with E-state index >= 15 is 0 Å². The Morgan fingerprint density at radius 1 is 1.38 bits per heavy atom. The van der Waals surface area contributed by atoms with E-state index in [1.165, 1.54) is 0 Å². The number of benzene rings is 1. The first kappa shape index (κ1) is 15.2. The van der Waals surface area contributed by atoms with Crippen molar-refractivity contribution in [1.82, 2.24) is 14.9 Å². The highest BCUT2D eigenvalue weighted by Gasteiger charge is 2.33. The minimum atomic E-state index is -0.223. The maximum atomic E-state index is 12.7. The van der Waals surface area contributed by atoms with Crippen molar-refractivity contribution in [3.05, 3.63) is 48.0 Å². The molecule has 3 atom stereocenters. The minimum Gasteiger partial charge on any atom is -0.492 e. The highest BCUT2D eigenvalue weighted by atomic mass is 16.5. The first-order valence-corrected chi connectivity index (χ1v) is 8.32. The number of amides is 1. The molecule has 2 aliphatic heterocycles. The molecule has 126 valence electrons. The highest BCUT2D eigenvalue weighted by molar-refractivity contribution is 5.85. The number of rotatable bonds is 3. The molecule has 2 aliphatic rings. The molecule has 0 aliphatic carbocycles. The first-order chi connectivity index (χ1) is 11.7. The number of aromatic nitrogens is 2. The number of hydrogen-bond acceptors (Lipinski definition) is 4. The summed E-state index contributed by atoms with van der Waals surface area (Å²) in [4.78, 5) is 16.8. The Morgan fingerprint density at radius 3 is 3.08 bits per heavy atom. The number of nitrogens with zero attached hydrogens (tertiary/aromatic N) is 2. The van der Waals surface area contributed by atoms with Gasteiger partial charge in [-0.25, -0.2) is 4.98 Å². The molecule has 1 fully saturated rings. The van der Waals surface area contributed by atoms with Gasteiger partial charge in [-0.2, -0.15) is 0 Å². The van der Waals surface area contributed by atoms with Crippen LogP contribution in [0.4, 0.5) is 0 Å². The molecule has 0 unspecified atom stereocenters. The van der Waals surface area contributed by atoms with Crippen LogP contribution < -0.4 is 10.1 Å². The summed E-state index contributed by atoms with van der Waals surface area (Å²) in [6.45, 7) is 1.05. The van der Waals surface area contributed by atoms with Crippen LogP contribution in [0.25, 0.3) is 0 Å². The Balaban J connectivity index is 1.42. The van der Waals surface area contributed by atoms with Crippen molar-refractivity contribution >= 4 is 5.91 Å². The van der Waals surface area contributed by atoms with Crippen molar-refractivity contribution in [2.75, 3.05) is 13.2 Å². The molecule has 1 N–H and O–H groups in total. The maximum absolute atomic E-state index is 12.7. The molecule has 6 nitrogen and oxygen atoms in total. The smallest absolute Gasteiger partial charge is 0.231 e. The number of fused-ring (bicyclic) bond motifs is 1. The van der Waals surface area contributed by atoms with Gasteiger partial charge in [-0.05, 0) is 18.9 Å². The van der Waals surface area contributed by atoms with Gasteiger partial charge in [-0.3, -0.25) is 4.79 Å². The average Bonchev–Trinajstić information content (AvgIpc) is 3.21. The van der Waals surface area contributed by atoms with Crippen LogP contribution >= 0.6 is 0 Å². The van der Waals surface area contributed by atoms with Crippen LogP contribution in [0.5, 0.6) is 5.75 Å². The van der Waals surface area contributed by atoms with Crippen molar-refractivity contribution in [1.29, 1.82) is 0 Å². The first-order valence-electron chi connectivity index (χ1n) is 8.32. The van der Waals surface area contributed by atoms with Crippen molar-refractivity contribution in [2.45, 2.75) is 30.9 Å². The second-order valence-corrected chi connectivity index (χ2v) is 6.42. The van der Waals surface area contributed by atoms with Gasteiger partial charge < -0.3 is 19.4 Å². The zero-order valence-electron chi connectivity index (χ0n) is 13.6. The van der Waals surface area contributed by atoms with E-state index in [2.05, 4.69) is 10.3 Å². The number of imidazole rings is 1. The third-order valence-corrected chi connectivity index (χ3v) is 4.83. The van der Waals surface area contributed by atoms with Gasteiger partial charge in [0.05, 0.1) is 18.2 Å². The topological polar surface area (TPSA) is 65.4 Å². The lowest BCUT2D eigenvalue weighted by Crippen LogP contribution is -2.42. The van der Waals surface area contributed by atoms with E-state index in [0.717, 1.165) is 29.8 Å². The quantitative estimate of drug-likeness (QED) is 0.935. The van der Waals surface area contributed by atoms with Crippen LogP contribution in [-0.2, 0) is 16.6 Å². The second kappa shape index (κ2) is 6.28. The molecule has 24 heavy (non-hydrogen) atoms. The highest BCUT2D eigenvalue weighted by Crippen LogP contribution is 2.34. The van der Waals surface area contributed by atoms with Crippen LogP contribution in [0.15, 0.2) is 36.8 Å². The van der Waals surface area contributed by atoms with E-state index in [1.54, 1.807) is 6.33 Å². The molecular formula is C18H21N3O3. The van der Waals surface area contributed by atoms with Crippen LogP contribution in [0, 0.1) is 0 Å². The normalized spacial score (nSPS) is 25.8. The lowest BCUT2D eigenvalue weighted by Gasteiger charge is -2.30. The fourth-order valence-electron chi connectivity index (χ4n) is 3.49. The maximum Gasteiger partial charge on any atom is 0.231 e. The van der Waals surface area contributed by atoms with Crippen LogP contribution in [0.3, 0.4) is 0 Å². The SMILES string of the molecule is Cn1cncc1[C@@H]1C[C@H](NC(=O)[C@@H]2COc3ccccc32)CCO1. The molecule has 1 aromatic heterocycles. The van der Waals surface area contributed by atoms with E-state index in [0.29, 0.717) is 13.2 Å². The van der Waals surface area contributed by atoms with E-state index in [1.807, 2.05) is 42.1 Å². The van der Waals surface area contributed by atoms with E-state index in [-0.39, 0.29) is 24.0 Å². The monoisotopic (exact) mass is 327 g/mol. The van der Waals surface area contributed by atoms with E-state index < -0.39 is 0 Å². The molecule has 0 bridgehead atoms. The third-order valence-electron chi connectivity index (χ3n) is 4.83. The molecule has 1 aromatic carbocycles. The Morgan fingerprint density at radius 2 is 2.25 bits per heavy atom. The summed E-state index contributed by atoms with van der Waals surface area (Å²) in [5, 5.41) is 3.18. The molecule has 4 rings (SSSR count). The van der Waals surface area contributed by atoms with Crippen molar-refractivity contribution in [2.24, 2.45) is 7.05 Å². The van der Waals surface area contributed by atoms with Crippen molar-refractivity contribution in [3.63, 3.8) is 0 Å². The Kier molecular flexibility index (Phi) is 3.98. The summed E-state index contributed by atoms with van der Waals surface area (Å²) >= 11 is 0. The number of carbonyl (C=O) groups excluding carboxylic acids is 1. The predicted octanol–water partition coefficient (Wildman–Crippen LogP) is 1.93. The standard InChI is InChI=1S/C18H21N3O3/c1-21-11-19-9-15(21)17-8-12(6-7-23-17)20-18(22)14-10-24-16-5-3-2-4-13(14)16/h2-5,9,11-12,14,17H,6-8,10H2,1H3,(H,20,22)/t12-,14-,17+/m1/s1. The largest absolute Gasteiger partial charge is 0.492 e. The predicted molar refractivity (Wildman–Crippen MR) is 87.7 cm³/mol. The molecule has 2 aromatic rings. The number of para-hydroxylation sites is 1. The molecule has 1 saturated heterocycles. The minimum absolute atomic E-state index is 0.0244. The van der Waals surface area contributed by atoms with Gasteiger partial charge in [0.15, 0.2) is 0 Å². The lowest BCUT2D eigenvalue weighted by atomic mass is 9.97. The molecule has 0 spiro atoms. The van der Waals surface area contributed by atoms with Gasteiger partial charge >= 0.3 is 0 Å². The van der Waals surface area contributed by atoms with Crippen LogP contribution in [0.1, 0.15) is 36.1 Å². The number of carbonyl (C=O) groups is 1. The summed E-state index contributed by atoms with van der Waals surface area (Å²) in [6.07, 6.45) is 5.17. The number of nitrogens with one attached hydrogen (secondary N) is 1. The summed E-state index contributed by atoms with van der Waals surface area (Å²) in [7, 11) is 1.96. The Labute approximate surface area is 140 Å². The van der Waals surface area contributed by atoms with Gasteiger partial charge in [-0.15, -0.1) is 0 Å². The fourth-order valence-corrected chi connectivity index (χ4v) is 3.49. The number of ether oxygens (including phenoxy) is 2. The molecule has 0 radical (unpaired) electrons. The molecule has 6 heteroatoms. The number of hydrogen-bond donors (Lipinski definition) is 1. The Hall–Kier alpha value is -2.34. The van der Waals surface area contributed by atoms with Gasteiger partial charge in [0, 0.05) is 25.3 Å². The summed E-state index contributed by atoms with van der Waals surface area (Å²) in [6, 6.07) is 7.86. The molecule has 1 amide bonds. The van der Waals surface area contributed by atoms with E-state index in [9.17, 15) is 4.79 Å². The van der Waals surface area contributed by atoms with Crippen molar-refractivity contribution < 1.29 is 14.3 Å². The summed E-state index contributed by atoms with van der Waals surface area (Å²) in [5.74, 6) is 0.632. The molecular weight excluding hydrogens is 306 g/mol. The zero-order chi connectivity index (χ0) is 16.5. The van der Waals surface area contributed by atoms with Crippen LogP contribution in [0.2, 0.25) is 0 Å². The summed E-state index contributed by atoms with van der Waals surface area (Å²) < 4.78 is 13.4. The third kappa shape index (κ3) is 2.78. The summed E-state index contributed by atoms with van der Waals surface area (Å²) in [5.41, 5.74) is 2.02. The average molecular weight is 327 g/mol. The lowest BCUT2D eigenvalue weighted by molar-refractivity contribution is -0.124. The van der Waals surface area contributed by atoms with E-state index in [4.69, 9.17) is 9.47 Å². The molecule has 3 heterocycles. The molecule has 0 saturated carbocycles. The Bertz CT molecular complexity index is 743. The van der Waals surface area contributed by atoms with Gasteiger partial charge in [0.1, 0.15) is 24.4 Å².